The van der Waals surface area contributed by atoms with E-state index in [1.807, 2.05) is 45.2 Å². The number of nitrogens with one attached hydrogen (secondary N) is 2. The summed E-state index contributed by atoms with van der Waals surface area (Å²) in [6.07, 6.45) is 0. The van der Waals surface area contributed by atoms with Crippen LogP contribution in [-0.2, 0) is 12.4 Å². The summed E-state index contributed by atoms with van der Waals surface area (Å²) in [5.74, 6) is -1.44. The molecule has 0 heterocycles. The summed E-state index contributed by atoms with van der Waals surface area (Å²) < 4.78 is 25.8. The van der Waals surface area contributed by atoms with Gasteiger partial charge in [-0.3, -0.25) is 4.79 Å². The van der Waals surface area contributed by atoms with Gasteiger partial charge in [0.2, 0.25) is 0 Å². The van der Waals surface area contributed by atoms with E-state index in [4.69, 9.17) is 5.26 Å². The zero-order chi connectivity index (χ0) is 24.8. The van der Waals surface area contributed by atoms with Crippen molar-refractivity contribution in [2.75, 3.05) is 17.7 Å². The normalized spacial score (nSPS) is 12.1. The first-order chi connectivity index (χ1) is 14.8. The van der Waals surface area contributed by atoms with Crippen LogP contribution in [0.15, 0.2) is 24.3 Å². The maximum absolute atomic E-state index is 11.6. The number of hydrogen-bond acceptors (Lipinski definition) is 7. The number of anilines is 2. The number of Topliss-reactive ketones (excluding diaryl/α,β-unsaturated/α-hetero) is 1. The van der Waals surface area contributed by atoms with Crippen LogP contribution in [0.1, 0.15) is 34.6 Å². The zero-order valence-electron chi connectivity index (χ0n) is 16.8. The fourth-order valence-electron chi connectivity index (χ4n) is 2.39. The summed E-state index contributed by atoms with van der Waals surface area (Å²) in [7, 11) is 1.71. The molecular weight excluding hydrogens is 828 g/mol. The third kappa shape index (κ3) is 7.39. The van der Waals surface area contributed by atoms with Gasteiger partial charge in [0, 0.05) is 19.8 Å². The van der Waals surface area contributed by atoms with Crippen LogP contribution in [0.3, 0.4) is 0 Å². The van der Waals surface area contributed by atoms with Gasteiger partial charge in [-0.05, 0) is 74.7 Å². The second kappa shape index (κ2) is 12.7. The van der Waals surface area contributed by atoms with Gasteiger partial charge in [-0.15, -0.1) is 0 Å². The number of rotatable bonds is 6. The monoisotopic (exact) mass is 846 g/mol. The zero-order valence-corrected chi connectivity index (χ0v) is 25.1. The van der Waals surface area contributed by atoms with Gasteiger partial charge in [0.1, 0.15) is 0 Å². The molecule has 1 amide bonds. The maximum Gasteiger partial charge on any atom is 0.337 e. The molecule has 174 valence electrons. The smallest absolute Gasteiger partial charge is 0.337 e. The Kier molecular flexibility index (Phi) is 11.6. The Labute approximate surface area is 227 Å². The SMILES string of the molecule is CC(=O)Nc1cccc([As](=O)(O)OO)c1.CNc1c(I)c(C(C)=O)c(I)c(C(=O)O)c1I. The predicted molar refractivity (Wildman–Crippen MR) is 144 cm³/mol. The molecule has 0 saturated heterocycles. The van der Waals surface area contributed by atoms with Crippen LogP contribution in [0.25, 0.3) is 0 Å². The molecular formula is C18H18AsI3N2O8. The minimum atomic E-state index is -4.83. The standard InChI is InChI=1S/C10H8I3NO3.C8H10AsNO5/c1-3(15)4-6(11)5(10(16)17)8(13)9(14-2)7(4)12;1-6(11)10-8-4-2-3-7(5-8)9(12,13)15-14/h14H,1-2H3,(H,16,17);2-5,14H,1H3,(H,10,11)(H,12,13). The van der Waals surface area contributed by atoms with E-state index in [1.165, 1.54) is 32.0 Å². The van der Waals surface area contributed by atoms with Gasteiger partial charge in [0.15, 0.2) is 5.78 Å². The molecule has 1 unspecified atom stereocenters. The first-order valence-corrected chi connectivity index (χ1v) is 15.0. The number of aromatic carboxylic acids is 1. The molecule has 0 aliphatic heterocycles. The van der Waals surface area contributed by atoms with Gasteiger partial charge >= 0.3 is 94.4 Å². The number of carbonyl (C=O) groups is 3. The molecule has 0 radical (unpaired) electrons. The summed E-state index contributed by atoms with van der Waals surface area (Å²) in [5.41, 5.74) is 1.71. The summed E-state index contributed by atoms with van der Waals surface area (Å²) in [6.45, 7) is 2.76. The van der Waals surface area contributed by atoms with Gasteiger partial charge in [-0.1, -0.05) is 0 Å². The van der Waals surface area contributed by atoms with Crippen LogP contribution in [0, 0.1) is 10.7 Å². The molecule has 0 spiro atoms. The van der Waals surface area contributed by atoms with Crippen LogP contribution in [0.5, 0.6) is 0 Å². The molecule has 0 aliphatic rings. The van der Waals surface area contributed by atoms with Crippen molar-refractivity contribution in [2.45, 2.75) is 13.8 Å². The Balaban J connectivity index is 0.000000323. The van der Waals surface area contributed by atoms with Crippen LogP contribution in [-0.4, -0.2) is 53.3 Å². The minimum absolute atomic E-state index is 0.0399. The molecule has 14 heteroatoms. The second-order valence-electron chi connectivity index (χ2n) is 6.01. The van der Waals surface area contributed by atoms with Crippen molar-refractivity contribution >= 4 is 115 Å². The van der Waals surface area contributed by atoms with E-state index in [1.54, 1.807) is 13.1 Å². The minimum Gasteiger partial charge on any atom is -0.478 e. The Morgan fingerprint density at radius 1 is 1.03 bits per heavy atom. The number of carboxylic acid groups (broad SMARTS) is 1. The number of carboxylic acids is 1. The molecule has 0 saturated carbocycles. The van der Waals surface area contributed by atoms with E-state index in [-0.39, 0.29) is 21.6 Å². The first kappa shape index (κ1) is 29.3. The van der Waals surface area contributed by atoms with Gasteiger partial charge < -0.3 is 10.4 Å². The average molecular weight is 846 g/mol. The summed E-state index contributed by atoms with van der Waals surface area (Å²) in [4.78, 5) is 33.6. The molecule has 0 fully saturated rings. The molecule has 0 bridgehead atoms. The Bertz CT molecular complexity index is 1070. The van der Waals surface area contributed by atoms with Crippen molar-refractivity contribution in [1.29, 1.82) is 0 Å². The maximum atomic E-state index is 11.6. The van der Waals surface area contributed by atoms with E-state index in [0.717, 1.165) is 3.57 Å². The number of amides is 1. The third-order valence-corrected chi connectivity index (χ3v) is 9.39. The van der Waals surface area contributed by atoms with E-state index in [0.29, 0.717) is 24.1 Å². The van der Waals surface area contributed by atoms with E-state index in [2.05, 4.69) is 37.1 Å². The van der Waals surface area contributed by atoms with Crippen molar-refractivity contribution in [3.63, 3.8) is 0 Å². The van der Waals surface area contributed by atoms with Crippen LogP contribution in [0.4, 0.5) is 11.4 Å². The number of hydrogen-bond donors (Lipinski definition) is 5. The Morgan fingerprint density at radius 2 is 1.59 bits per heavy atom. The first-order valence-electron chi connectivity index (χ1n) is 8.45. The van der Waals surface area contributed by atoms with Crippen molar-refractivity contribution in [1.82, 2.24) is 0 Å². The number of ketones is 1. The van der Waals surface area contributed by atoms with Gasteiger partial charge in [-0.2, -0.15) is 0 Å². The fourth-order valence-corrected chi connectivity index (χ4v) is 8.72. The number of benzene rings is 2. The third-order valence-electron chi connectivity index (χ3n) is 3.74. The molecule has 2 rings (SSSR count). The largest absolute Gasteiger partial charge is 0.478 e. The number of halogens is 3. The van der Waals surface area contributed by atoms with E-state index in [9.17, 15) is 27.3 Å². The van der Waals surface area contributed by atoms with Crippen molar-refractivity contribution in [3.05, 3.63) is 46.1 Å². The molecule has 10 nitrogen and oxygen atoms in total. The Morgan fingerprint density at radius 3 is 2.03 bits per heavy atom. The van der Waals surface area contributed by atoms with Crippen LogP contribution < -0.4 is 15.0 Å². The van der Waals surface area contributed by atoms with Gasteiger partial charge in [0.05, 0.1) is 14.8 Å². The Hall–Kier alpha value is -0.722. The topological polar surface area (TPSA) is 162 Å². The fraction of sp³-hybridized carbons (Fsp3) is 0.167. The van der Waals surface area contributed by atoms with Crippen molar-refractivity contribution in [2.24, 2.45) is 0 Å². The van der Waals surface area contributed by atoms with Crippen molar-refractivity contribution < 1.29 is 36.5 Å². The van der Waals surface area contributed by atoms with Crippen LogP contribution in [0.2, 0.25) is 0 Å². The summed E-state index contributed by atoms with van der Waals surface area (Å²) in [6, 6.07) is 5.64. The van der Waals surface area contributed by atoms with E-state index >= 15 is 0 Å². The van der Waals surface area contributed by atoms with E-state index < -0.39 is 20.1 Å². The molecule has 0 aliphatic carbocycles. The average Bonchev–Trinajstić information content (AvgIpc) is 2.67. The predicted octanol–water partition coefficient (Wildman–Crippen LogP) is 3.15. The molecule has 32 heavy (non-hydrogen) atoms. The summed E-state index contributed by atoms with van der Waals surface area (Å²) >= 11 is 1.14. The van der Waals surface area contributed by atoms with Crippen molar-refractivity contribution in [3.8, 4) is 0 Å². The van der Waals surface area contributed by atoms with Gasteiger partial charge in [-0.25, -0.2) is 4.79 Å². The van der Waals surface area contributed by atoms with Crippen LogP contribution >= 0.6 is 67.8 Å². The molecule has 2 aromatic rings. The molecule has 5 N–H and O–H groups in total. The van der Waals surface area contributed by atoms with Gasteiger partial charge in [0.25, 0.3) is 0 Å². The molecule has 0 aromatic heterocycles. The quantitative estimate of drug-likeness (QED) is 0.0968. The number of carbonyl (C=O) groups excluding carboxylic acids is 2. The molecule has 2 aromatic carbocycles. The molecule has 1 atom stereocenters. The summed E-state index contributed by atoms with van der Waals surface area (Å²) in [5, 5.41) is 22.8. The second-order valence-corrected chi connectivity index (χ2v) is 12.9.